The number of hydrogen-bond acceptors (Lipinski definition) is 2. The average molecular weight is 272 g/mol. The van der Waals surface area contributed by atoms with Crippen LogP contribution < -0.4 is 0 Å². The second-order valence-electron chi connectivity index (χ2n) is 4.66. The minimum absolute atomic E-state index is 0.0621. The molecule has 0 amide bonds. The molecule has 2 aromatic rings. The molecule has 0 saturated heterocycles. The fourth-order valence-corrected chi connectivity index (χ4v) is 2.48. The smallest absolute Gasteiger partial charge is 0.336 e. The van der Waals surface area contributed by atoms with E-state index in [1.165, 1.54) is 0 Å². The van der Waals surface area contributed by atoms with Crippen LogP contribution in [0, 0.1) is 0 Å². The predicted octanol–water partition coefficient (Wildman–Crippen LogP) is 3.36. The maximum Gasteiger partial charge on any atom is 0.336 e. The van der Waals surface area contributed by atoms with Gasteiger partial charge in [0.15, 0.2) is 0 Å². The van der Waals surface area contributed by atoms with Gasteiger partial charge in [0, 0.05) is 5.39 Å². The minimum atomic E-state index is -1.10. The van der Waals surface area contributed by atoms with Crippen LogP contribution in [0.5, 0.6) is 0 Å². The van der Waals surface area contributed by atoms with Gasteiger partial charge >= 0.3 is 11.9 Å². The van der Waals surface area contributed by atoms with Crippen molar-refractivity contribution in [3.63, 3.8) is 0 Å². The van der Waals surface area contributed by atoms with Crippen LogP contribution in [0.2, 0.25) is 0 Å². The lowest BCUT2D eigenvalue weighted by Gasteiger charge is -2.12. The van der Waals surface area contributed by atoms with E-state index < -0.39 is 11.9 Å². The Morgan fingerprint density at radius 1 is 1.00 bits per heavy atom. The van der Waals surface area contributed by atoms with Gasteiger partial charge in [0.25, 0.3) is 0 Å². The zero-order chi connectivity index (χ0) is 14.9. The molecule has 0 fully saturated rings. The Bertz CT molecular complexity index is 701. The van der Waals surface area contributed by atoms with E-state index in [0.717, 1.165) is 5.56 Å². The second-order valence-corrected chi connectivity index (χ2v) is 4.66. The Morgan fingerprint density at radius 2 is 1.70 bits per heavy atom. The molecule has 0 unspecified atom stereocenters. The number of rotatable bonds is 4. The average Bonchev–Trinajstić information content (AvgIpc) is 2.44. The summed E-state index contributed by atoms with van der Waals surface area (Å²) in [5, 5.41) is 19.8. The quantitative estimate of drug-likeness (QED) is 0.894. The molecular weight excluding hydrogens is 256 g/mol. The third kappa shape index (κ3) is 2.25. The standard InChI is InChI=1S/C16H16O4/c1-3-9-7-11-6-5-10(4-2)14(16(19)20)13(11)12(8-9)15(17)18/h5-8H,3-4H2,1-2H3,(H,17,18)(H,19,20). The molecule has 4 nitrogen and oxygen atoms in total. The molecule has 2 rings (SSSR count). The summed E-state index contributed by atoms with van der Waals surface area (Å²) in [5.41, 5.74) is 1.70. The number of aromatic carboxylic acids is 2. The molecule has 0 radical (unpaired) electrons. The zero-order valence-corrected chi connectivity index (χ0v) is 11.4. The first kappa shape index (κ1) is 14.1. The molecule has 0 spiro atoms. The Labute approximate surface area is 116 Å². The van der Waals surface area contributed by atoms with Crippen molar-refractivity contribution in [1.82, 2.24) is 0 Å². The van der Waals surface area contributed by atoms with Gasteiger partial charge in [-0.1, -0.05) is 32.0 Å². The van der Waals surface area contributed by atoms with Crippen molar-refractivity contribution in [2.45, 2.75) is 26.7 Å². The van der Waals surface area contributed by atoms with E-state index in [0.29, 0.717) is 29.2 Å². The molecule has 0 aliphatic rings. The molecule has 0 aliphatic carbocycles. The highest BCUT2D eigenvalue weighted by Crippen LogP contribution is 2.28. The lowest BCUT2D eigenvalue weighted by Crippen LogP contribution is -2.08. The topological polar surface area (TPSA) is 74.6 Å². The van der Waals surface area contributed by atoms with E-state index in [2.05, 4.69) is 0 Å². The van der Waals surface area contributed by atoms with Crippen molar-refractivity contribution in [3.8, 4) is 0 Å². The number of benzene rings is 2. The summed E-state index contributed by atoms with van der Waals surface area (Å²) >= 11 is 0. The molecule has 2 aromatic carbocycles. The van der Waals surface area contributed by atoms with Crippen molar-refractivity contribution in [3.05, 3.63) is 46.5 Å². The molecular formula is C16H16O4. The van der Waals surface area contributed by atoms with Gasteiger partial charge < -0.3 is 10.2 Å². The summed E-state index contributed by atoms with van der Waals surface area (Å²) in [6.45, 7) is 3.79. The third-order valence-electron chi connectivity index (χ3n) is 3.50. The number of carboxylic acids is 2. The van der Waals surface area contributed by atoms with Gasteiger partial charge in [-0.3, -0.25) is 0 Å². The van der Waals surface area contributed by atoms with Crippen molar-refractivity contribution >= 4 is 22.7 Å². The first-order chi connectivity index (χ1) is 9.49. The Kier molecular flexibility index (Phi) is 3.74. The maximum absolute atomic E-state index is 11.5. The lowest BCUT2D eigenvalue weighted by atomic mass is 9.92. The van der Waals surface area contributed by atoms with E-state index >= 15 is 0 Å². The largest absolute Gasteiger partial charge is 0.478 e. The second kappa shape index (κ2) is 5.33. The van der Waals surface area contributed by atoms with Gasteiger partial charge in [-0.05, 0) is 35.4 Å². The molecule has 104 valence electrons. The van der Waals surface area contributed by atoms with E-state index in [-0.39, 0.29) is 11.1 Å². The fourth-order valence-electron chi connectivity index (χ4n) is 2.48. The minimum Gasteiger partial charge on any atom is -0.478 e. The zero-order valence-electron chi connectivity index (χ0n) is 11.4. The van der Waals surface area contributed by atoms with Crippen LogP contribution in [0.3, 0.4) is 0 Å². The lowest BCUT2D eigenvalue weighted by molar-refractivity contribution is 0.0694. The van der Waals surface area contributed by atoms with Crippen LogP contribution in [-0.4, -0.2) is 22.2 Å². The van der Waals surface area contributed by atoms with Gasteiger partial charge in [0.05, 0.1) is 11.1 Å². The number of carboxylic acid groups (broad SMARTS) is 2. The number of fused-ring (bicyclic) bond motifs is 1. The van der Waals surface area contributed by atoms with E-state index in [4.69, 9.17) is 0 Å². The number of aryl methyl sites for hydroxylation is 2. The molecule has 20 heavy (non-hydrogen) atoms. The molecule has 0 aliphatic heterocycles. The Balaban J connectivity index is 2.98. The monoisotopic (exact) mass is 272 g/mol. The van der Waals surface area contributed by atoms with Crippen LogP contribution >= 0.6 is 0 Å². The van der Waals surface area contributed by atoms with E-state index in [1.807, 2.05) is 19.9 Å². The normalized spacial score (nSPS) is 10.7. The third-order valence-corrected chi connectivity index (χ3v) is 3.50. The molecule has 0 atom stereocenters. The van der Waals surface area contributed by atoms with Crippen LogP contribution in [0.25, 0.3) is 10.8 Å². The molecule has 0 saturated carbocycles. The Hall–Kier alpha value is -2.36. The summed E-state index contributed by atoms with van der Waals surface area (Å²) in [4.78, 5) is 23.0. The highest BCUT2D eigenvalue weighted by atomic mass is 16.4. The first-order valence-electron chi connectivity index (χ1n) is 6.54. The van der Waals surface area contributed by atoms with Gasteiger partial charge in [0.2, 0.25) is 0 Å². The van der Waals surface area contributed by atoms with E-state index in [1.54, 1.807) is 18.2 Å². The fraction of sp³-hybridized carbons (Fsp3) is 0.250. The summed E-state index contributed by atoms with van der Waals surface area (Å²) < 4.78 is 0. The van der Waals surface area contributed by atoms with Crippen molar-refractivity contribution in [2.24, 2.45) is 0 Å². The van der Waals surface area contributed by atoms with Gasteiger partial charge in [-0.15, -0.1) is 0 Å². The molecule has 0 aromatic heterocycles. The SMILES string of the molecule is CCc1cc(C(=O)O)c2c(C(=O)O)c(CC)ccc2c1. The summed E-state index contributed by atoms with van der Waals surface area (Å²) in [5.74, 6) is -2.18. The highest BCUT2D eigenvalue weighted by Gasteiger charge is 2.20. The van der Waals surface area contributed by atoms with Gasteiger partial charge in [-0.2, -0.15) is 0 Å². The van der Waals surface area contributed by atoms with Crippen molar-refractivity contribution in [2.75, 3.05) is 0 Å². The maximum atomic E-state index is 11.5. The summed E-state index contributed by atoms with van der Waals surface area (Å²) in [7, 11) is 0. The molecule has 2 N–H and O–H groups in total. The predicted molar refractivity (Wildman–Crippen MR) is 76.6 cm³/mol. The highest BCUT2D eigenvalue weighted by molar-refractivity contribution is 6.13. The first-order valence-corrected chi connectivity index (χ1v) is 6.54. The molecule has 0 bridgehead atoms. The number of hydrogen-bond donors (Lipinski definition) is 2. The Morgan fingerprint density at radius 3 is 2.20 bits per heavy atom. The summed E-state index contributed by atoms with van der Waals surface area (Å²) in [6.07, 6.45) is 1.25. The molecule has 4 heteroatoms. The van der Waals surface area contributed by atoms with Gasteiger partial charge in [-0.25, -0.2) is 9.59 Å². The van der Waals surface area contributed by atoms with Crippen LogP contribution in [0.4, 0.5) is 0 Å². The summed E-state index contributed by atoms with van der Waals surface area (Å²) in [6, 6.07) is 6.98. The number of carbonyl (C=O) groups is 2. The van der Waals surface area contributed by atoms with Crippen LogP contribution in [0.15, 0.2) is 24.3 Å². The van der Waals surface area contributed by atoms with Crippen LogP contribution in [0.1, 0.15) is 45.7 Å². The van der Waals surface area contributed by atoms with Crippen LogP contribution in [-0.2, 0) is 12.8 Å². The van der Waals surface area contributed by atoms with Crippen molar-refractivity contribution < 1.29 is 19.8 Å². The van der Waals surface area contributed by atoms with Gasteiger partial charge in [0.1, 0.15) is 0 Å². The van der Waals surface area contributed by atoms with E-state index in [9.17, 15) is 19.8 Å². The van der Waals surface area contributed by atoms with Crippen molar-refractivity contribution in [1.29, 1.82) is 0 Å². The molecule has 0 heterocycles.